The number of aliphatic hydroxyl groups excluding tert-OH is 4. The second kappa shape index (κ2) is 6.87. The number of aliphatic hydroxyl groups is 4. The zero-order valence-electron chi connectivity index (χ0n) is 13.9. The molecule has 0 spiro atoms. The van der Waals surface area contributed by atoms with Crippen LogP contribution in [0.1, 0.15) is 0 Å². The van der Waals surface area contributed by atoms with E-state index in [0.717, 1.165) is 0 Å². The summed E-state index contributed by atoms with van der Waals surface area (Å²) >= 11 is 0. The third kappa shape index (κ3) is 3.27. The van der Waals surface area contributed by atoms with Crippen molar-refractivity contribution in [3.8, 4) is 17.2 Å². The maximum Gasteiger partial charge on any atom is 0.229 e. The number of ether oxygens (including phenoxy) is 2. The van der Waals surface area contributed by atoms with E-state index in [-0.39, 0.29) is 11.2 Å². The van der Waals surface area contributed by atoms with Crippen LogP contribution in [0.25, 0.3) is 22.6 Å². The largest absolute Gasteiger partial charge is 0.462 e. The van der Waals surface area contributed by atoms with Gasteiger partial charge in [0.05, 0.1) is 6.61 Å². The molecule has 0 amide bonds. The van der Waals surface area contributed by atoms with Crippen LogP contribution in [0, 0.1) is 0 Å². The Bertz CT molecular complexity index is 987. The number of fused-ring (bicyclic) bond motifs is 2. The van der Waals surface area contributed by atoms with E-state index in [4.69, 9.17) is 13.9 Å². The minimum atomic E-state index is -1.54. The molecule has 9 heteroatoms. The van der Waals surface area contributed by atoms with E-state index in [0.29, 0.717) is 22.6 Å². The smallest absolute Gasteiger partial charge is 0.229 e. The van der Waals surface area contributed by atoms with Gasteiger partial charge in [-0.15, -0.1) is 0 Å². The van der Waals surface area contributed by atoms with Crippen molar-refractivity contribution in [2.45, 2.75) is 30.7 Å². The van der Waals surface area contributed by atoms with Crippen molar-refractivity contribution in [3.63, 3.8) is 0 Å². The Morgan fingerprint density at radius 3 is 2.63 bits per heavy atom. The minimum Gasteiger partial charge on any atom is -0.462 e. The molecule has 2 heterocycles. The zero-order chi connectivity index (χ0) is 19.1. The average Bonchev–Trinajstić information content (AvgIpc) is 2.66. The summed E-state index contributed by atoms with van der Waals surface area (Å²) in [7, 11) is 0. The van der Waals surface area contributed by atoms with Gasteiger partial charge in [0.15, 0.2) is 16.8 Å². The molecular formula is C18H17NO8. The summed E-state index contributed by atoms with van der Waals surface area (Å²) in [6, 6.07) is 8.99. The van der Waals surface area contributed by atoms with Gasteiger partial charge in [-0.1, -0.05) is 0 Å². The van der Waals surface area contributed by atoms with Crippen LogP contribution in [0.4, 0.5) is 0 Å². The maximum absolute atomic E-state index is 11.5. The molecule has 1 aromatic carbocycles. The van der Waals surface area contributed by atoms with E-state index >= 15 is 0 Å². The van der Waals surface area contributed by atoms with Crippen LogP contribution < -0.4 is 10.2 Å². The lowest BCUT2D eigenvalue weighted by atomic mass is 9.99. The fourth-order valence-electron chi connectivity index (χ4n) is 2.96. The average molecular weight is 375 g/mol. The molecule has 2 aliphatic heterocycles. The molecule has 3 aliphatic rings. The highest BCUT2D eigenvalue weighted by molar-refractivity contribution is 5.77. The number of aromatic nitrogens is 1. The molecule has 4 N–H and O–H groups in total. The van der Waals surface area contributed by atoms with Gasteiger partial charge in [-0.25, -0.2) is 4.98 Å². The van der Waals surface area contributed by atoms with Crippen LogP contribution in [0.5, 0.6) is 5.75 Å². The topological polar surface area (TPSA) is 142 Å². The summed E-state index contributed by atoms with van der Waals surface area (Å²) in [5.41, 5.74) is 1.20. The predicted octanol–water partition coefficient (Wildman–Crippen LogP) is -0.529. The van der Waals surface area contributed by atoms with Gasteiger partial charge in [-0.3, -0.25) is 4.79 Å². The lowest BCUT2D eigenvalue weighted by Gasteiger charge is -2.39. The van der Waals surface area contributed by atoms with E-state index in [9.17, 15) is 25.2 Å². The first-order valence-corrected chi connectivity index (χ1v) is 8.28. The Kier molecular flexibility index (Phi) is 4.54. The van der Waals surface area contributed by atoms with E-state index in [1.54, 1.807) is 18.2 Å². The quantitative estimate of drug-likeness (QED) is 0.444. The SMILES string of the molecule is O=c1ccc2nc3ccc(O[C@@H]4OC(CO)[C@H](O)[C@@H](O)C4O)cc3oc-2c1. The van der Waals surface area contributed by atoms with Gasteiger partial charge in [-0.05, 0) is 24.3 Å². The lowest BCUT2D eigenvalue weighted by Crippen LogP contribution is -2.60. The summed E-state index contributed by atoms with van der Waals surface area (Å²) in [4.78, 5) is 15.9. The Labute approximate surface area is 152 Å². The second-order valence-corrected chi connectivity index (χ2v) is 6.29. The monoisotopic (exact) mass is 375 g/mol. The molecule has 0 radical (unpaired) electrons. The summed E-state index contributed by atoms with van der Waals surface area (Å²) < 4.78 is 16.6. The Hall–Kier alpha value is -2.56. The third-order valence-electron chi connectivity index (χ3n) is 4.42. The van der Waals surface area contributed by atoms with Crippen molar-refractivity contribution in [1.29, 1.82) is 0 Å². The molecule has 0 saturated carbocycles. The van der Waals surface area contributed by atoms with Gasteiger partial charge in [0.2, 0.25) is 6.29 Å². The van der Waals surface area contributed by atoms with Crippen LogP contribution in [0.3, 0.4) is 0 Å². The number of rotatable bonds is 3. The number of benzene rings is 2. The first kappa shape index (κ1) is 17.8. The fourth-order valence-corrected chi connectivity index (χ4v) is 2.96. The van der Waals surface area contributed by atoms with Gasteiger partial charge >= 0.3 is 0 Å². The molecule has 1 saturated heterocycles. The molecule has 1 fully saturated rings. The Morgan fingerprint density at radius 2 is 1.85 bits per heavy atom. The molecule has 1 aromatic rings. The van der Waals surface area contributed by atoms with Gasteiger partial charge in [0.1, 0.15) is 41.4 Å². The highest BCUT2D eigenvalue weighted by Crippen LogP contribution is 2.29. The van der Waals surface area contributed by atoms with E-state index in [1.807, 2.05) is 0 Å². The molecule has 9 nitrogen and oxygen atoms in total. The molecule has 27 heavy (non-hydrogen) atoms. The summed E-state index contributed by atoms with van der Waals surface area (Å²) in [5.74, 6) is 0.565. The standard InChI is InChI=1S/C18H17NO8/c20-7-14-15(22)16(23)17(24)18(27-14)25-9-2-4-11-13(6-9)26-12-5-8(21)1-3-10(12)19-11/h1-6,14-18,20,22-24H,7H2/t14?,15-,16+,17?,18+/m0/s1. The van der Waals surface area contributed by atoms with Crippen molar-refractivity contribution in [3.05, 3.63) is 46.6 Å². The molecular weight excluding hydrogens is 358 g/mol. The van der Waals surface area contributed by atoms with Crippen molar-refractivity contribution < 1.29 is 34.3 Å². The predicted molar refractivity (Wildman–Crippen MR) is 91.3 cm³/mol. The zero-order valence-corrected chi connectivity index (χ0v) is 13.9. The molecule has 1 aliphatic carbocycles. The van der Waals surface area contributed by atoms with Gasteiger partial charge in [0.25, 0.3) is 0 Å². The van der Waals surface area contributed by atoms with Crippen LogP contribution in [-0.2, 0) is 4.74 Å². The van der Waals surface area contributed by atoms with E-state index < -0.39 is 37.3 Å². The molecule has 142 valence electrons. The lowest BCUT2D eigenvalue weighted by molar-refractivity contribution is -0.277. The minimum absolute atomic E-state index is 0.207. The maximum atomic E-state index is 11.5. The van der Waals surface area contributed by atoms with Crippen molar-refractivity contribution in [1.82, 2.24) is 4.98 Å². The summed E-state index contributed by atoms with van der Waals surface area (Å²) in [5, 5.41) is 38.9. The molecule has 0 aromatic heterocycles. The van der Waals surface area contributed by atoms with Crippen LogP contribution >= 0.6 is 0 Å². The Balaban J connectivity index is 1.65. The van der Waals surface area contributed by atoms with Crippen molar-refractivity contribution >= 4 is 11.1 Å². The normalized spacial score (nSPS) is 28.5. The highest BCUT2D eigenvalue weighted by Gasteiger charge is 2.44. The first-order chi connectivity index (χ1) is 13.0. The fraction of sp³-hybridized carbons (Fsp3) is 0.333. The van der Waals surface area contributed by atoms with Gasteiger partial charge in [0, 0.05) is 12.1 Å². The van der Waals surface area contributed by atoms with Crippen molar-refractivity contribution in [2.75, 3.05) is 6.61 Å². The first-order valence-electron chi connectivity index (χ1n) is 8.28. The summed E-state index contributed by atoms with van der Waals surface area (Å²) in [6.07, 6.45) is -6.90. The summed E-state index contributed by atoms with van der Waals surface area (Å²) in [6.45, 7) is -0.550. The molecule has 2 unspecified atom stereocenters. The van der Waals surface area contributed by atoms with Crippen molar-refractivity contribution in [2.24, 2.45) is 0 Å². The Morgan fingerprint density at radius 1 is 1.04 bits per heavy atom. The number of hydrogen-bond acceptors (Lipinski definition) is 9. The molecule has 5 atom stereocenters. The highest BCUT2D eigenvalue weighted by atomic mass is 16.7. The van der Waals surface area contributed by atoms with Gasteiger partial charge < -0.3 is 34.3 Å². The van der Waals surface area contributed by atoms with Crippen LogP contribution in [-0.4, -0.2) is 62.7 Å². The molecule has 0 bridgehead atoms. The van der Waals surface area contributed by atoms with Gasteiger partial charge in [-0.2, -0.15) is 0 Å². The number of nitrogens with zero attached hydrogens (tertiary/aromatic N) is 1. The third-order valence-corrected chi connectivity index (χ3v) is 4.42. The van der Waals surface area contributed by atoms with Crippen LogP contribution in [0.15, 0.2) is 45.6 Å². The molecule has 4 rings (SSSR count). The van der Waals surface area contributed by atoms with E-state index in [1.165, 1.54) is 18.2 Å². The number of hydrogen-bond donors (Lipinski definition) is 4. The second-order valence-electron chi connectivity index (χ2n) is 6.29. The van der Waals surface area contributed by atoms with E-state index in [2.05, 4.69) is 4.98 Å². The van der Waals surface area contributed by atoms with Crippen LogP contribution in [0.2, 0.25) is 0 Å².